The van der Waals surface area contributed by atoms with Crippen molar-refractivity contribution in [1.29, 1.82) is 0 Å². The summed E-state index contributed by atoms with van der Waals surface area (Å²) in [5, 5.41) is 0. The highest BCUT2D eigenvalue weighted by Crippen LogP contribution is 2.16. The molecule has 0 aromatic rings. The number of quaternary nitrogens is 1. The Morgan fingerprint density at radius 1 is 0.889 bits per heavy atom. The summed E-state index contributed by atoms with van der Waals surface area (Å²) in [4.78, 5) is 1.87. The smallest absolute Gasteiger partial charge is 0.0773 e. The summed E-state index contributed by atoms with van der Waals surface area (Å²) in [5.74, 6) is 1.13. The van der Waals surface area contributed by atoms with Crippen molar-refractivity contribution >= 4 is 8.41 Å². The number of rotatable bonds is 0. The first-order valence-corrected chi connectivity index (χ1v) is 3.79. The Kier molecular flexibility index (Phi) is 2.17. The molecular weight excluding hydrogens is 109 g/mol. The average molecular weight is 123 g/mol. The summed E-state index contributed by atoms with van der Waals surface area (Å²) >= 11 is 0. The normalized spacial score (nSPS) is 40.0. The molecule has 0 spiro atoms. The number of hydrogen-bond donors (Lipinski definition) is 1. The van der Waals surface area contributed by atoms with Gasteiger partial charge < -0.3 is 13.3 Å². The Morgan fingerprint density at radius 2 is 1.33 bits per heavy atom. The van der Waals surface area contributed by atoms with Crippen LogP contribution in [-0.2, 0) is 0 Å². The number of piperidine rings is 3. The zero-order valence-electron chi connectivity index (χ0n) is 5.90. The highest BCUT2D eigenvalue weighted by Gasteiger charge is 2.27. The van der Waals surface area contributed by atoms with Crippen molar-refractivity contribution in [3.8, 4) is 0 Å². The molecule has 1 nitrogen and oxygen atoms in total. The summed E-state index contributed by atoms with van der Waals surface area (Å²) in [6.07, 6.45) is 4.57. The minimum Gasteiger partial charge on any atom is -1.00 e. The quantitative estimate of drug-likeness (QED) is 0.406. The minimum atomic E-state index is 0. The van der Waals surface area contributed by atoms with E-state index in [4.69, 9.17) is 0 Å². The number of hydrogen-bond acceptors (Lipinski definition) is 0. The van der Waals surface area contributed by atoms with Crippen molar-refractivity contribution in [2.24, 2.45) is 5.92 Å². The molecule has 1 N–H and O–H groups in total. The fourth-order valence-corrected chi connectivity index (χ4v) is 2.03. The molecule has 2 bridgehead atoms. The van der Waals surface area contributed by atoms with Gasteiger partial charge in [0.1, 0.15) is 0 Å². The Hall–Kier alpha value is 0.0249. The molecule has 0 aromatic carbocycles. The molecule has 3 aliphatic heterocycles. The molecule has 9 heavy (non-hydrogen) atoms. The van der Waals surface area contributed by atoms with Crippen molar-refractivity contribution in [3.63, 3.8) is 0 Å². The maximum Gasteiger partial charge on any atom is 0.0773 e. The lowest BCUT2D eigenvalue weighted by molar-refractivity contribution is -0.916. The first kappa shape index (κ1) is 7.14. The van der Waals surface area contributed by atoms with Crippen LogP contribution < -0.4 is 4.90 Å². The van der Waals surface area contributed by atoms with Crippen LogP contribution >= 0.6 is 0 Å². The molecule has 2 heteroatoms. The standard InChI is InChI=1S/C7H13N.B/c1-4-8-5-2-7(1)3-6-8;/h7H,1-6H2;/q;-1/p+1. The van der Waals surface area contributed by atoms with Gasteiger partial charge in [0.05, 0.1) is 19.6 Å². The van der Waals surface area contributed by atoms with E-state index in [0.717, 1.165) is 5.92 Å². The van der Waals surface area contributed by atoms with Crippen molar-refractivity contribution in [3.05, 3.63) is 0 Å². The fourth-order valence-electron chi connectivity index (χ4n) is 2.03. The van der Waals surface area contributed by atoms with E-state index >= 15 is 0 Å². The fraction of sp³-hybridized carbons (Fsp3) is 1.00. The van der Waals surface area contributed by atoms with Crippen LogP contribution in [0, 0.1) is 5.92 Å². The van der Waals surface area contributed by atoms with Crippen LogP contribution in [0.2, 0.25) is 0 Å². The van der Waals surface area contributed by atoms with Crippen molar-refractivity contribution in [2.75, 3.05) is 19.6 Å². The van der Waals surface area contributed by atoms with Crippen LogP contribution in [-0.4, -0.2) is 28.0 Å². The van der Waals surface area contributed by atoms with Gasteiger partial charge in [0.15, 0.2) is 0 Å². The van der Waals surface area contributed by atoms with Gasteiger partial charge in [0.2, 0.25) is 0 Å². The van der Waals surface area contributed by atoms with Crippen molar-refractivity contribution < 1.29 is 4.90 Å². The van der Waals surface area contributed by atoms with E-state index in [1.54, 1.807) is 0 Å². The molecule has 3 rings (SSSR count). The molecule has 3 fully saturated rings. The lowest BCUT2D eigenvalue weighted by Gasteiger charge is -2.35. The zero-order valence-corrected chi connectivity index (χ0v) is 5.90. The Balaban J connectivity index is 0.000000405. The van der Waals surface area contributed by atoms with Gasteiger partial charge in [-0.05, 0) is 25.2 Å². The van der Waals surface area contributed by atoms with E-state index < -0.39 is 0 Å². The molecule has 4 radical (unpaired) electrons. The van der Waals surface area contributed by atoms with E-state index in [1.807, 2.05) is 4.90 Å². The van der Waals surface area contributed by atoms with Crippen LogP contribution in [0.5, 0.6) is 0 Å². The Bertz CT molecular complexity index is 63.9. The van der Waals surface area contributed by atoms with Gasteiger partial charge in [-0.2, -0.15) is 0 Å². The summed E-state index contributed by atoms with van der Waals surface area (Å²) in [6.45, 7) is 4.43. The van der Waals surface area contributed by atoms with Gasteiger partial charge in [-0.1, -0.05) is 0 Å². The van der Waals surface area contributed by atoms with Gasteiger partial charge in [0.25, 0.3) is 0 Å². The first-order chi connectivity index (χ1) is 3.95. The second-order valence-corrected chi connectivity index (χ2v) is 3.23. The summed E-state index contributed by atoms with van der Waals surface area (Å²) in [7, 11) is 0. The van der Waals surface area contributed by atoms with Crippen molar-refractivity contribution in [1.82, 2.24) is 0 Å². The maximum absolute atomic E-state index is 1.87. The van der Waals surface area contributed by atoms with Crippen LogP contribution in [0.1, 0.15) is 19.3 Å². The number of nitrogens with one attached hydrogen (secondary N) is 1. The SMILES string of the molecule is C1C[NH+]2CCC1CC2.[B-]. The largest absolute Gasteiger partial charge is 1.00 e. The van der Waals surface area contributed by atoms with Crippen LogP contribution in [0.25, 0.3) is 0 Å². The lowest BCUT2D eigenvalue weighted by atomic mass is 9.89. The molecule has 0 aliphatic carbocycles. The summed E-state index contributed by atoms with van der Waals surface area (Å²) < 4.78 is 0. The molecule has 3 aliphatic rings. The highest BCUT2D eigenvalue weighted by atomic mass is 15.1. The third-order valence-corrected chi connectivity index (χ3v) is 2.72. The monoisotopic (exact) mass is 123 g/mol. The highest BCUT2D eigenvalue weighted by molar-refractivity contribution is 5.75. The zero-order chi connectivity index (χ0) is 5.40. The predicted molar refractivity (Wildman–Crippen MR) is 38.7 cm³/mol. The summed E-state index contributed by atoms with van der Waals surface area (Å²) in [6, 6.07) is 0. The second-order valence-electron chi connectivity index (χ2n) is 3.23. The molecule has 0 atom stereocenters. The Labute approximate surface area is 59.0 Å². The molecule has 0 amide bonds. The molecule has 0 unspecified atom stereocenters. The van der Waals surface area contributed by atoms with Crippen LogP contribution in [0.15, 0.2) is 0 Å². The average Bonchev–Trinajstić information content (AvgIpc) is 1.92. The van der Waals surface area contributed by atoms with E-state index in [2.05, 4.69) is 0 Å². The van der Waals surface area contributed by atoms with Crippen LogP contribution in [0.3, 0.4) is 0 Å². The van der Waals surface area contributed by atoms with E-state index in [0.29, 0.717) is 0 Å². The summed E-state index contributed by atoms with van der Waals surface area (Å²) in [5.41, 5.74) is 0. The van der Waals surface area contributed by atoms with Crippen molar-refractivity contribution in [2.45, 2.75) is 19.3 Å². The molecule has 3 heterocycles. The van der Waals surface area contributed by atoms with E-state index in [9.17, 15) is 0 Å². The number of fused-ring (bicyclic) bond motifs is 3. The molecule has 50 valence electrons. The second kappa shape index (κ2) is 2.74. The van der Waals surface area contributed by atoms with Gasteiger partial charge in [-0.25, -0.2) is 0 Å². The molecule has 3 saturated heterocycles. The molecule has 0 saturated carbocycles. The third kappa shape index (κ3) is 1.29. The molecular formula is C7H14BN. The van der Waals surface area contributed by atoms with Gasteiger partial charge in [-0.3, -0.25) is 0 Å². The minimum absolute atomic E-state index is 0. The first-order valence-electron chi connectivity index (χ1n) is 3.79. The van der Waals surface area contributed by atoms with Gasteiger partial charge >= 0.3 is 0 Å². The van der Waals surface area contributed by atoms with Gasteiger partial charge in [0, 0.05) is 0 Å². The predicted octanol–water partition coefficient (Wildman–Crippen LogP) is -0.696. The van der Waals surface area contributed by atoms with Crippen LogP contribution in [0.4, 0.5) is 0 Å². The van der Waals surface area contributed by atoms with E-state index in [-0.39, 0.29) is 8.41 Å². The van der Waals surface area contributed by atoms with E-state index in [1.165, 1.54) is 38.9 Å². The molecule has 0 aromatic heterocycles. The third-order valence-electron chi connectivity index (χ3n) is 2.72. The Morgan fingerprint density at radius 3 is 1.44 bits per heavy atom. The maximum atomic E-state index is 1.87. The lowest BCUT2D eigenvalue weighted by Crippen LogP contribution is -3.14. The topological polar surface area (TPSA) is 4.44 Å². The van der Waals surface area contributed by atoms with Gasteiger partial charge in [-0.15, -0.1) is 0 Å².